The van der Waals surface area contributed by atoms with Crippen LogP contribution in [0.15, 0.2) is 42.5 Å². The highest BCUT2D eigenvalue weighted by molar-refractivity contribution is 6.34. The number of hydrogen-bond acceptors (Lipinski definition) is 3. The molecule has 6 nitrogen and oxygen atoms in total. The van der Waals surface area contributed by atoms with Crippen LogP contribution in [-0.2, 0) is 22.7 Å². The Bertz CT molecular complexity index is 991. The number of amides is 2. The van der Waals surface area contributed by atoms with Crippen LogP contribution in [-0.4, -0.2) is 34.3 Å². The minimum Gasteiger partial charge on any atom is -0.474 e. The van der Waals surface area contributed by atoms with Gasteiger partial charge in [-0.05, 0) is 47.9 Å². The van der Waals surface area contributed by atoms with Crippen molar-refractivity contribution < 1.29 is 19.5 Å². The molecule has 0 aliphatic rings. The van der Waals surface area contributed by atoms with Crippen molar-refractivity contribution in [2.45, 2.75) is 84.2 Å². The molecule has 0 fully saturated rings. The van der Waals surface area contributed by atoms with E-state index in [-0.39, 0.29) is 19.0 Å². The van der Waals surface area contributed by atoms with Crippen LogP contribution in [0, 0.1) is 0 Å². The summed E-state index contributed by atoms with van der Waals surface area (Å²) in [5.41, 5.74) is 1.85. The van der Waals surface area contributed by atoms with E-state index in [0.717, 1.165) is 12.8 Å². The largest absolute Gasteiger partial charge is 0.474 e. The van der Waals surface area contributed by atoms with Gasteiger partial charge < -0.3 is 15.3 Å². The smallest absolute Gasteiger partial charge is 0.394 e. The maximum atomic E-state index is 12.5. The van der Waals surface area contributed by atoms with Crippen molar-refractivity contribution in [1.82, 2.24) is 10.2 Å². The summed E-state index contributed by atoms with van der Waals surface area (Å²) in [6, 6.07) is 11.7. The molecule has 0 radical (unpaired) electrons. The van der Waals surface area contributed by atoms with E-state index in [9.17, 15) is 19.5 Å². The van der Waals surface area contributed by atoms with E-state index in [0.29, 0.717) is 33.3 Å². The molecular formula is C29H38Cl2N2O4. The molecule has 37 heavy (non-hydrogen) atoms. The second kappa shape index (κ2) is 17.0. The van der Waals surface area contributed by atoms with Crippen LogP contribution in [0.25, 0.3) is 0 Å². The summed E-state index contributed by atoms with van der Waals surface area (Å²) in [4.78, 5) is 37.3. The van der Waals surface area contributed by atoms with Gasteiger partial charge in [-0.1, -0.05) is 100 Å². The third kappa shape index (κ3) is 12.0. The molecule has 8 heteroatoms. The average Bonchev–Trinajstić information content (AvgIpc) is 2.86. The Hall–Kier alpha value is -2.57. The quantitative estimate of drug-likeness (QED) is 0.171. The number of nitrogens with one attached hydrogen (secondary N) is 1. The molecule has 0 aliphatic heterocycles. The maximum absolute atomic E-state index is 12.5. The van der Waals surface area contributed by atoms with Gasteiger partial charge in [0.15, 0.2) is 0 Å². The standard InChI is InChI=1S/C29H38Cl2N2O4/c1-2-3-4-5-6-7-8-9-10-11-16-32-27(34)24-14-12-22(13-15-24)20-33(28(35)29(36)37)21-23-17-25(30)19-26(31)18-23/h12-15,17-19H,2-11,16,20-21H2,1H3,(H,32,34)(H,36,37). The van der Waals surface area contributed by atoms with E-state index < -0.39 is 11.9 Å². The molecule has 2 aromatic rings. The summed E-state index contributed by atoms with van der Waals surface area (Å²) in [6.45, 7) is 2.97. The van der Waals surface area contributed by atoms with Crippen molar-refractivity contribution in [3.05, 3.63) is 69.2 Å². The van der Waals surface area contributed by atoms with Gasteiger partial charge in [-0.25, -0.2) is 4.79 Å². The molecule has 0 unspecified atom stereocenters. The van der Waals surface area contributed by atoms with Crippen molar-refractivity contribution in [3.63, 3.8) is 0 Å². The molecule has 0 saturated carbocycles. The van der Waals surface area contributed by atoms with Gasteiger partial charge >= 0.3 is 11.9 Å². The second-order valence-corrected chi connectivity index (χ2v) is 10.3. The Morgan fingerprint density at radius 3 is 1.81 bits per heavy atom. The van der Waals surface area contributed by atoms with E-state index in [1.165, 1.54) is 56.3 Å². The number of carboxylic acid groups (broad SMARTS) is 1. The number of aliphatic carboxylic acids is 1. The average molecular weight is 550 g/mol. The van der Waals surface area contributed by atoms with Gasteiger partial charge in [0, 0.05) is 35.2 Å². The Kier molecular flexibility index (Phi) is 14.1. The van der Waals surface area contributed by atoms with E-state index >= 15 is 0 Å². The van der Waals surface area contributed by atoms with Gasteiger partial charge in [-0.15, -0.1) is 0 Å². The second-order valence-electron chi connectivity index (χ2n) is 9.38. The van der Waals surface area contributed by atoms with Crippen LogP contribution in [0.5, 0.6) is 0 Å². The van der Waals surface area contributed by atoms with Crippen LogP contribution >= 0.6 is 23.2 Å². The van der Waals surface area contributed by atoms with Gasteiger partial charge in [0.25, 0.3) is 5.91 Å². The van der Waals surface area contributed by atoms with Crippen molar-refractivity contribution in [2.24, 2.45) is 0 Å². The summed E-state index contributed by atoms with van der Waals surface area (Å²) >= 11 is 12.1. The Morgan fingerprint density at radius 2 is 1.27 bits per heavy atom. The number of unbranched alkanes of at least 4 members (excludes halogenated alkanes) is 9. The Morgan fingerprint density at radius 1 is 0.757 bits per heavy atom. The Balaban J connectivity index is 1.79. The third-order valence-electron chi connectivity index (χ3n) is 6.17. The van der Waals surface area contributed by atoms with E-state index in [2.05, 4.69) is 12.2 Å². The predicted octanol–water partition coefficient (Wildman–Crippen LogP) is 7.26. The lowest BCUT2D eigenvalue weighted by molar-refractivity contribution is -0.156. The van der Waals surface area contributed by atoms with Crippen molar-refractivity contribution in [3.8, 4) is 0 Å². The number of carbonyl (C=O) groups excluding carboxylic acids is 2. The first-order chi connectivity index (χ1) is 17.8. The predicted molar refractivity (Wildman–Crippen MR) is 149 cm³/mol. The van der Waals surface area contributed by atoms with Gasteiger partial charge in [-0.3, -0.25) is 9.59 Å². The lowest BCUT2D eigenvalue weighted by atomic mass is 10.1. The molecule has 0 heterocycles. The zero-order valence-corrected chi connectivity index (χ0v) is 23.1. The summed E-state index contributed by atoms with van der Waals surface area (Å²) < 4.78 is 0. The van der Waals surface area contributed by atoms with Crippen molar-refractivity contribution in [2.75, 3.05) is 6.54 Å². The molecule has 2 rings (SSSR count). The molecule has 0 bridgehead atoms. The Labute approximate surface area is 230 Å². The SMILES string of the molecule is CCCCCCCCCCCCNC(=O)c1ccc(CN(Cc2cc(Cl)cc(Cl)c2)C(=O)C(=O)O)cc1. The molecule has 2 amide bonds. The fourth-order valence-electron chi connectivity index (χ4n) is 4.16. The maximum Gasteiger partial charge on any atom is 0.394 e. The molecule has 202 valence electrons. The molecule has 0 aromatic heterocycles. The molecule has 0 atom stereocenters. The van der Waals surface area contributed by atoms with E-state index in [4.69, 9.17) is 23.2 Å². The summed E-state index contributed by atoms with van der Waals surface area (Å²) in [5.74, 6) is -2.72. The minimum atomic E-state index is -1.55. The van der Waals surface area contributed by atoms with Gasteiger partial charge in [0.05, 0.1) is 0 Å². The van der Waals surface area contributed by atoms with Crippen molar-refractivity contribution >= 4 is 41.0 Å². The lowest BCUT2D eigenvalue weighted by Crippen LogP contribution is -2.35. The van der Waals surface area contributed by atoms with Crippen LogP contribution in [0.4, 0.5) is 0 Å². The number of hydrogen-bond donors (Lipinski definition) is 2. The first kappa shape index (κ1) is 30.7. The number of rotatable bonds is 16. The topological polar surface area (TPSA) is 86.7 Å². The molecule has 0 aliphatic carbocycles. The number of carbonyl (C=O) groups is 3. The number of carboxylic acids is 1. The van der Waals surface area contributed by atoms with Gasteiger partial charge in [0.1, 0.15) is 0 Å². The first-order valence-corrected chi connectivity index (χ1v) is 13.9. The summed E-state index contributed by atoms with van der Waals surface area (Å²) in [6.07, 6.45) is 12.5. The lowest BCUT2D eigenvalue weighted by Gasteiger charge is -2.21. The highest BCUT2D eigenvalue weighted by Crippen LogP contribution is 2.21. The van der Waals surface area contributed by atoms with Gasteiger partial charge in [0.2, 0.25) is 0 Å². The molecule has 2 N–H and O–H groups in total. The van der Waals surface area contributed by atoms with Crippen molar-refractivity contribution in [1.29, 1.82) is 0 Å². The van der Waals surface area contributed by atoms with E-state index in [1.807, 2.05) is 0 Å². The normalized spacial score (nSPS) is 10.8. The fourth-order valence-corrected chi connectivity index (χ4v) is 4.73. The van der Waals surface area contributed by atoms with Crippen LogP contribution < -0.4 is 5.32 Å². The first-order valence-electron chi connectivity index (χ1n) is 13.1. The van der Waals surface area contributed by atoms with Crippen LogP contribution in [0.2, 0.25) is 10.0 Å². The van der Waals surface area contributed by atoms with Gasteiger partial charge in [-0.2, -0.15) is 0 Å². The summed E-state index contributed by atoms with van der Waals surface area (Å²) in [5, 5.41) is 13.0. The zero-order chi connectivity index (χ0) is 27.0. The molecule has 0 spiro atoms. The number of benzene rings is 2. The van der Waals surface area contributed by atoms with Crippen LogP contribution in [0.1, 0.15) is 92.6 Å². The molecule has 2 aromatic carbocycles. The molecule has 0 saturated heterocycles. The highest BCUT2D eigenvalue weighted by Gasteiger charge is 2.22. The monoisotopic (exact) mass is 548 g/mol. The van der Waals surface area contributed by atoms with Crippen LogP contribution in [0.3, 0.4) is 0 Å². The number of halogens is 2. The highest BCUT2D eigenvalue weighted by atomic mass is 35.5. The fraction of sp³-hybridized carbons (Fsp3) is 0.483. The zero-order valence-electron chi connectivity index (χ0n) is 21.6. The molecular weight excluding hydrogens is 511 g/mol. The third-order valence-corrected chi connectivity index (χ3v) is 6.61. The number of nitrogens with zero attached hydrogens (tertiary/aromatic N) is 1. The minimum absolute atomic E-state index is 0.0342. The summed E-state index contributed by atoms with van der Waals surface area (Å²) in [7, 11) is 0. The van der Waals surface area contributed by atoms with E-state index in [1.54, 1.807) is 42.5 Å².